The molecule has 1 fully saturated rings. The summed E-state index contributed by atoms with van der Waals surface area (Å²) in [4.78, 5) is 25.2. The highest BCUT2D eigenvalue weighted by molar-refractivity contribution is 7.91. The summed E-state index contributed by atoms with van der Waals surface area (Å²) in [6.07, 6.45) is 3.52. The van der Waals surface area contributed by atoms with Crippen LogP contribution in [-0.4, -0.2) is 38.2 Å². The third-order valence-electron chi connectivity index (χ3n) is 4.73. The molecule has 0 radical (unpaired) electrons. The molecule has 1 aromatic rings. The van der Waals surface area contributed by atoms with E-state index in [9.17, 15) is 18.0 Å². The smallest absolute Gasteiger partial charge is 0.331 e. The Morgan fingerprint density at radius 3 is 2.30 bits per heavy atom. The summed E-state index contributed by atoms with van der Waals surface area (Å²) in [5, 5.41) is 2.42. The van der Waals surface area contributed by atoms with Gasteiger partial charge in [-0.2, -0.15) is 0 Å². The molecular weight excluding hydrogens is 413 g/mol. The number of benzene rings is 1. The van der Waals surface area contributed by atoms with Gasteiger partial charge in [-0.3, -0.25) is 4.79 Å². The van der Waals surface area contributed by atoms with Gasteiger partial charge in [0.1, 0.15) is 5.54 Å². The largest absolute Gasteiger partial charge is 0.464 e. The van der Waals surface area contributed by atoms with Crippen molar-refractivity contribution >= 4 is 44.9 Å². The van der Waals surface area contributed by atoms with E-state index < -0.39 is 27.3 Å². The van der Waals surface area contributed by atoms with Crippen LogP contribution in [-0.2, 0) is 19.4 Å². The molecule has 9 heteroatoms. The van der Waals surface area contributed by atoms with E-state index in [-0.39, 0.29) is 32.9 Å². The molecule has 6 nitrogen and oxygen atoms in total. The summed E-state index contributed by atoms with van der Waals surface area (Å²) in [6.45, 7) is 3.42. The Bertz CT molecular complexity index is 832. The number of sulfone groups is 1. The first-order chi connectivity index (χ1) is 12.7. The van der Waals surface area contributed by atoms with Crippen molar-refractivity contribution in [2.45, 2.75) is 56.4 Å². The van der Waals surface area contributed by atoms with Gasteiger partial charge in [-0.15, -0.1) is 0 Å². The summed E-state index contributed by atoms with van der Waals surface area (Å²) in [6, 6.07) is 2.58. The number of amides is 1. The number of ether oxygens (including phenoxy) is 1. The molecule has 0 aromatic heterocycles. The molecule has 0 saturated heterocycles. The van der Waals surface area contributed by atoms with E-state index >= 15 is 0 Å². The topological polar surface area (TPSA) is 89.5 Å². The fraction of sp³-hybridized carbons (Fsp3) is 0.556. The zero-order valence-corrected chi connectivity index (χ0v) is 17.6. The van der Waals surface area contributed by atoms with Crippen molar-refractivity contribution in [3.63, 3.8) is 0 Å². The Hall–Kier alpha value is -1.31. The molecule has 2 rings (SSSR count). The maximum atomic E-state index is 12.8. The van der Waals surface area contributed by atoms with E-state index in [1.807, 2.05) is 0 Å². The van der Waals surface area contributed by atoms with Gasteiger partial charge >= 0.3 is 5.97 Å². The van der Waals surface area contributed by atoms with Gasteiger partial charge in [0.25, 0.3) is 5.91 Å². The van der Waals surface area contributed by atoms with Crippen LogP contribution in [0, 0.1) is 0 Å². The van der Waals surface area contributed by atoms with E-state index in [1.165, 1.54) is 19.1 Å². The molecule has 1 saturated carbocycles. The van der Waals surface area contributed by atoms with Crippen molar-refractivity contribution in [3.8, 4) is 0 Å². The summed E-state index contributed by atoms with van der Waals surface area (Å²) in [7, 11) is -3.58. The standard InChI is InChI=1S/C18H23Cl2NO5S/c1-3-26-17(23)18(10-6-5-7-11-18)21-16(22)12-8-9-13(15(20)14(12)19)27(24,25)4-2/h8-9H,3-7,10-11H2,1-2H3,(H,21,22). The fourth-order valence-corrected chi connectivity index (χ4v) is 4.98. The van der Waals surface area contributed by atoms with Crippen LogP contribution in [0.25, 0.3) is 0 Å². The van der Waals surface area contributed by atoms with Crippen molar-refractivity contribution in [3.05, 3.63) is 27.7 Å². The molecule has 0 atom stereocenters. The van der Waals surface area contributed by atoms with Gasteiger partial charge in [0.05, 0.1) is 32.9 Å². The molecule has 27 heavy (non-hydrogen) atoms. The van der Waals surface area contributed by atoms with E-state index in [0.717, 1.165) is 19.3 Å². The second-order valence-corrected chi connectivity index (χ2v) is 9.46. The van der Waals surface area contributed by atoms with E-state index in [2.05, 4.69) is 5.32 Å². The van der Waals surface area contributed by atoms with Crippen LogP contribution in [0.4, 0.5) is 0 Å². The minimum absolute atomic E-state index is 0.0194. The molecular formula is C18H23Cl2NO5S. The number of nitrogens with one attached hydrogen (secondary N) is 1. The van der Waals surface area contributed by atoms with Crippen molar-refractivity contribution in [2.24, 2.45) is 0 Å². The number of halogens is 2. The summed E-state index contributed by atoms with van der Waals surface area (Å²) in [5.41, 5.74) is -1.08. The van der Waals surface area contributed by atoms with E-state index in [4.69, 9.17) is 27.9 Å². The highest BCUT2D eigenvalue weighted by Gasteiger charge is 2.42. The molecule has 0 spiro atoms. The Morgan fingerprint density at radius 1 is 1.11 bits per heavy atom. The second-order valence-electron chi connectivity index (χ2n) is 6.46. The van der Waals surface area contributed by atoms with Crippen LogP contribution in [0.2, 0.25) is 10.0 Å². The monoisotopic (exact) mass is 435 g/mol. The third kappa shape index (κ3) is 4.58. The number of hydrogen-bond donors (Lipinski definition) is 1. The average Bonchev–Trinajstić information content (AvgIpc) is 2.64. The van der Waals surface area contributed by atoms with Crippen LogP contribution in [0.1, 0.15) is 56.3 Å². The highest BCUT2D eigenvalue weighted by Crippen LogP contribution is 2.34. The number of carbonyl (C=O) groups excluding carboxylic acids is 2. The van der Waals surface area contributed by atoms with Crippen molar-refractivity contribution in [1.82, 2.24) is 5.32 Å². The number of hydrogen-bond acceptors (Lipinski definition) is 5. The minimum Gasteiger partial charge on any atom is -0.464 e. The summed E-state index contributed by atoms with van der Waals surface area (Å²) in [5.74, 6) is -1.19. The lowest BCUT2D eigenvalue weighted by Gasteiger charge is -2.35. The van der Waals surface area contributed by atoms with Crippen LogP contribution in [0.15, 0.2) is 17.0 Å². The molecule has 0 heterocycles. The van der Waals surface area contributed by atoms with Crippen molar-refractivity contribution in [1.29, 1.82) is 0 Å². The average molecular weight is 436 g/mol. The van der Waals surface area contributed by atoms with Gasteiger partial charge in [0.15, 0.2) is 9.84 Å². The van der Waals surface area contributed by atoms with Gasteiger partial charge in [-0.25, -0.2) is 13.2 Å². The fourth-order valence-electron chi connectivity index (χ4n) is 3.19. The molecule has 1 aliphatic rings. The van der Waals surface area contributed by atoms with Crippen molar-refractivity contribution in [2.75, 3.05) is 12.4 Å². The zero-order valence-electron chi connectivity index (χ0n) is 15.3. The van der Waals surface area contributed by atoms with Gasteiger partial charge in [-0.1, -0.05) is 49.4 Å². The lowest BCUT2D eigenvalue weighted by atomic mass is 9.81. The lowest BCUT2D eigenvalue weighted by molar-refractivity contribution is -0.152. The Balaban J connectivity index is 2.36. The maximum Gasteiger partial charge on any atom is 0.331 e. The van der Waals surface area contributed by atoms with E-state index in [0.29, 0.717) is 12.8 Å². The minimum atomic E-state index is -3.58. The van der Waals surface area contributed by atoms with Gasteiger partial charge in [-0.05, 0) is 31.9 Å². The Morgan fingerprint density at radius 2 is 1.74 bits per heavy atom. The molecule has 1 aliphatic carbocycles. The van der Waals surface area contributed by atoms with Crippen LogP contribution >= 0.6 is 23.2 Å². The molecule has 1 aromatic carbocycles. The predicted octanol–water partition coefficient (Wildman–Crippen LogP) is 3.78. The number of esters is 1. The first kappa shape index (κ1) is 22.0. The van der Waals surface area contributed by atoms with E-state index in [1.54, 1.807) is 6.92 Å². The third-order valence-corrected chi connectivity index (χ3v) is 7.50. The number of rotatable bonds is 6. The quantitative estimate of drug-likeness (QED) is 0.686. The zero-order chi connectivity index (χ0) is 20.2. The maximum absolute atomic E-state index is 12.8. The molecule has 150 valence electrons. The van der Waals surface area contributed by atoms with Crippen molar-refractivity contribution < 1.29 is 22.7 Å². The second kappa shape index (κ2) is 8.80. The van der Waals surface area contributed by atoms with Crippen LogP contribution in [0.3, 0.4) is 0 Å². The molecule has 1 amide bonds. The van der Waals surface area contributed by atoms with Crippen LogP contribution < -0.4 is 5.32 Å². The number of carbonyl (C=O) groups is 2. The first-order valence-corrected chi connectivity index (χ1v) is 11.3. The highest BCUT2D eigenvalue weighted by atomic mass is 35.5. The van der Waals surface area contributed by atoms with Crippen LogP contribution in [0.5, 0.6) is 0 Å². The normalized spacial score (nSPS) is 16.6. The summed E-state index contributed by atoms with van der Waals surface area (Å²) < 4.78 is 29.3. The van der Waals surface area contributed by atoms with Gasteiger partial charge in [0, 0.05) is 0 Å². The first-order valence-electron chi connectivity index (χ1n) is 8.89. The van der Waals surface area contributed by atoms with Gasteiger partial charge in [0.2, 0.25) is 0 Å². The molecule has 0 unspecified atom stereocenters. The molecule has 1 N–H and O–H groups in total. The molecule has 0 aliphatic heterocycles. The Labute approximate surface area is 169 Å². The molecule has 0 bridgehead atoms. The van der Waals surface area contributed by atoms with Gasteiger partial charge < -0.3 is 10.1 Å². The summed E-state index contributed by atoms with van der Waals surface area (Å²) >= 11 is 12.3. The predicted molar refractivity (Wildman–Crippen MR) is 104 cm³/mol. The Kier molecular flexibility index (Phi) is 7.16. The SMILES string of the molecule is CCOC(=O)C1(NC(=O)c2ccc(S(=O)(=O)CC)c(Cl)c2Cl)CCCCC1. The lowest BCUT2D eigenvalue weighted by Crippen LogP contribution is -2.56.